The molecular formula is C13H19N3O3S. The van der Waals surface area contributed by atoms with Crippen LogP contribution in [0.2, 0.25) is 0 Å². The molecule has 2 N–H and O–H groups in total. The maximum absolute atomic E-state index is 12.3. The lowest BCUT2D eigenvalue weighted by Gasteiger charge is -2.30. The van der Waals surface area contributed by atoms with Gasteiger partial charge < -0.3 is 10.4 Å². The summed E-state index contributed by atoms with van der Waals surface area (Å²) in [5.41, 5.74) is -0.949. The highest BCUT2D eigenvalue weighted by atomic mass is 32.2. The number of thioether (sulfide) groups is 1. The Kier molecular flexibility index (Phi) is 4.49. The van der Waals surface area contributed by atoms with Crippen LogP contribution in [0.3, 0.4) is 0 Å². The molecule has 0 saturated carbocycles. The van der Waals surface area contributed by atoms with Crippen molar-refractivity contribution < 1.29 is 9.90 Å². The van der Waals surface area contributed by atoms with Gasteiger partial charge in [0, 0.05) is 18.5 Å². The minimum atomic E-state index is -0.679. The van der Waals surface area contributed by atoms with Gasteiger partial charge in [0.05, 0.1) is 12.1 Å². The zero-order valence-electron chi connectivity index (χ0n) is 11.7. The summed E-state index contributed by atoms with van der Waals surface area (Å²) in [5, 5.41) is 12.9. The van der Waals surface area contributed by atoms with Gasteiger partial charge in [-0.25, -0.2) is 4.98 Å². The average molecular weight is 297 g/mol. The number of fused-ring (bicyclic) bond motifs is 1. The quantitative estimate of drug-likeness (QED) is 0.779. The predicted molar refractivity (Wildman–Crippen MR) is 77.1 cm³/mol. The summed E-state index contributed by atoms with van der Waals surface area (Å²) in [6.07, 6.45) is 2.53. The number of aromatic nitrogens is 2. The molecule has 1 aliphatic heterocycles. The minimum Gasteiger partial charge on any atom is -0.394 e. The third-order valence-corrected chi connectivity index (χ3v) is 4.81. The number of carbonyl (C=O) groups is 1. The zero-order valence-corrected chi connectivity index (χ0v) is 12.5. The Labute approximate surface area is 121 Å². The second-order valence-corrected chi connectivity index (χ2v) is 5.92. The molecular weight excluding hydrogens is 278 g/mol. The van der Waals surface area contributed by atoms with Crippen molar-refractivity contribution >= 4 is 17.7 Å². The molecule has 0 radical (unpaired) electrons. The topological polar surface area (TPSA) is 84.2 Å². The summed E-state index contributed by atoms with van der Waals surface area (Å²) < 4.78 is 1.53. The number of nitrogens with one attached hydrogen (secondary N) is 1. The first-order valence-electron chi connectivity index (χ1n) is 6.73. The SMILES string of the molecule is CCC(CC)(CO)NC(=O)c1cnc2n(c1=O)CCS2. The molecule has 0 aromatic carbocycles. The van der Waals surface area contributed by atoms with E-state index in [9.17, 15) is 14.7 Å². The predicted octanol–water partition coefficient (Wildman–Crippen LogP) is 0.630. The molecule has 0 aliphatic carbocycles. The van der Waals surface area contributed by atoms with Crippen molar-refractivity contribution in [1.82, 2.24) is 14.9 Å². The van der Waals surface area contributed by atoms with E-state index < -0.39 is 11.4 Å². The van der Waals surface area contributed by atoms with Crippen LogP contribution in [-0.2, 0) is 6.54 Å². The first kappa shape index (κ1) is 15.1. The monoisotopic (exact) mass is 297 g/mol. The van der Waals surface area contributed by atoms with Crippen LogP contribution in [0.25, 0.3) is 0 Å². The van der Waals surface area contributed by atoms with Crippen molar-refractivity contribution in [2.45, 2.75) is 43.9 Å². The van der Waals surface area contributed by atoms with Crippen LogP contribution >= 0.6 is 11.8 Å². The highest BCUT2D eigenvalue weighted by Crippen LogP contribution is 2.21. The maximum atomic E-state index is 12.3. The van der Waals surface area contributed by atoms with Crippen LogP contribution in [-0.4, -0.2) is 38.5 Å². The summed E-state index contributed by atoms with van der Waals surface area (Å²) in [4.78, 5) is 28.7. The Hall–Kier alpha value is -1.34. The van der Waals surface area contributed by atoms with Gasteiger partial charge in [-0.05, 0) is 12.8 Å². The van der Waals surface area contributed by atoms with Gasteiger partial charge in [0.25, 0.3) is 11.5 Å². The molecule has 0 atom stereocenters. The summed E-state index contributed by atoms with van der Waals surface area (Å²) in [7, 11) is 0. The van der Waals surface area contributed by atoms with Gasteiger partial charge in [-0.15, -0.1) is 0 Å². The van der Waals surface area contributed by atoms with Crippen LogP contribution in [0, 0.1) is 0 Å². The number of amides is 1. The molecule has 0 fully saturated rings. The molecule has 1 amide bonds. The third kappa shape index (κ3) is 2.60. The molecule has 110 valence electrons. The van der Waals surface area contributed by atoms with Crippen LogP contribution in [0.5, 0.6) is 0 Å². The Morgan fingerprint density at radius 2 is 2.25 bits per heavy atom. The van der Waals surface area contributed by atoms with Crippen molar-refractivity contribution in [3.63, 3.8) is 0 Å². The Morgan fingerprint density at radius 3 is 2.85 bits per heavy atom. The molecule has 2 heterocycles. The van der Waals surface area contributed by atoms with Gasteiger partial charge in [-0.2, -0.15) is 0 Å². The fraction of sp³-hybridized carbons (Fsp3) is 0.615. The number of hydrogen-bond acceptors (Lipinski definition) is 5. The van der Waals surface area contributed by atoms with Gasteiger partial charge >= 0.3 is 0 Å². The van der Waals surface area contributed by atoms with E-state index in [1.165, 1.54) is 22.5 Å². The molecule has 0 bridgehead atoms. The fourth-order valence-electron chi connectivity index (χ4n) is 2.17. The summed E-state index contributed by atoms with van der Waals surface area (Å²) in [5.74, 6) is 0.338. The zero-order chi connectivity index (χ0) is 14.8. The average Bonchev–Trinajstić information content (AvgIpc) is 2.94. The number of aliphatic hydroxyl groups is 1. The van der Waals surface area contributed by atoms with Crippen molar-refractivity contribution in [1.29, 1.82) is 0 Å². The minimum absolute atomic E-state index is 0.0379. The molecule has 0 saturated heterocycles. The Bertz CT molecular complexity index is 558. The first-order chi connectivity index (χ1) is 9.56. The summed E-state index contributed by atoms with van der Waals surface area (Å²) in [6, 6.07) is 0. The molecule has 1 aromatic rings. The van der Waals surface area contributed by atoms with Gasteiger partial charge in [-0.3, -0.25) is 14.2 Å². The molecule has 1 aliphatic rings. The maximum Gasteiger partial charge on any atom is 0.267 e. The molecule has 0 spiro atoms. The van der Waals surface area contributed by atoms with Crippen molar-refractivity contribution in [3.8, 4) is 0 Å². The van der Waals surface area contributed by atoms with Crippen molar-refractivity contribution in [2.24, 2.45) is 0 Å². The van der Waals surface area contributed by atoms with E-state index in [1.807, 2.05) is 13.8 Å². The highest BCUT2D eigenvalue weighted by Gasteiger charge is 2.29. The molecule has 1 aromatic heterocycles. The summed E-state index contributed by atoms with van der Waals surface area (Å²) >= 11 is 1.51. The van der Waals surface area contributed by atoms with E-state index in [1.54, 1.807) is 0 Å². The molecule has 7 heteroatoms. The van der Waals surface area contributed by atoms with E-state index in [-0.39, 0.29) is 17.7 Å². The van der Waals surface area contributed by atoms with E-state index in [0.29, 0.717) is 24.5 Å². The largest absolute Gasteiger partial charge is 0.394 e. The van der Waals surface area contributed by atoms with Crippen molar-refractivity contribution in [3.05, 3.63) is 22.1 Å². The van der Waals surface area contributed by atoms with Crippen LogP contribution in [0.15, 0.2) is 16.1 Å². The van der Waals surface area contributed by atoms with Crippen molar-refractivity contribution in [2.75, 3.05) is 12.4 Å². The second kappa shape index (κ2) is 5.97. The van der Waals surface area contributed by atoms with E-state index >= 15 is 0 Å². The Morgan fingerprint density at radius 1 is 1.55 bits per heavy atom. The smallest absolute Gasteiger partial charge is 0.267 e. The second-order valence-electron chi connectivity index (χ2n) is 4.86. The number of carbonyl (C=O) groups excluding carboxylic acids is 1. The first-order valence-corrected chi connectivity index (χ1v) is 7.71. The molecule has 0 unspecified atom stereocenters. The van der Waals surface area contributed by atoms with Crippen LogP contribution in [0.4, 0.5) is 0 Å². The Balaban J connectivity index is 2.29. The lowest BCUT2D eigenvalue weighted by Crippen LogP contribution is -2.51. The van der Waals surface area contributed by atoms with Gasteiger partial charge in [0.2, 0.25) is 0 Å². The number of hydrogen-bond donors (Lipinski definition) is 2. The van der Waals surface area contributed by atoms with E-state index in [4.69, 9.17) is 0 Å². The normalized spacial score (nSPS) is 14.2. The van der Waals surface area contributed by atoms with E-state index in [0.717, 1.165) is 5.75 Å². The van der Waals surface area contributed by atoms with Gasteiger partial charge in [0.15, 0.2) is 5.16 Å². The molecule has 20 heavy (non-hydrogen) atoms. The fourth-order valence-corrected chi connectivity index (χ4v) is 3.09. The summed E-state index contributed by atoms with van der Waals surface area (Å²) in [6.45, 7) is 4.22. The lowest BCUT2D eigenvalue weighted by atomic mass is 9.93. The molecule has 6 nitrogen and oxygen atoms in total. The molecule has 2 rings (SSSR count). The van der Waals surface area contributed by atoms with E-state index in [2.05, 4.69) is 10.3 Å². The van der Waals surface area contributed by atoms with Gasteiger partial charge in [0.1, 0.15) is 5.56 Å². The third-order valence-electron chi connectivity index (χ3n) is 3.84. The standard InChI is InChI=1S/C13H19N3O3S/c1-3-13(4-2,8-17)15-10(18)9-7-14-12-16(11(9)19)5-6-20-12/h7,17H,3-6,8H2,1-2H3,(H,15,18). The number of rotatable bonds is 5. The van der Waals surface area contributed by atoms with Crippen LogP contribution in [0.1, 0.15) is 37.0 Å². The lowest BCUT2D eigenvalue weighted by molar-refractivity contribution is 0.0815. The number of nitrogens with zero attached hydrogens (tertiary/aromatic N) is 2. The van der Waals surface area contributed by atoms with Crippen LogP contribution < -0.4 is 10.9 Å². The number of aliphatic hydroxyl groups excluding tert-OH is 1. The highest BCUT2D eigenvalue weighted by molar-refractivity contribution is 7.99. The van der Waals surface area contributed by atoms with Gasteiger partial charge in [-0.1, -0.05) is 25.6 Å².